The largest absolute Gasteiger partial charge is 0.519 e. The summed E-state index contributed by atoms with van der Waals surface area (Å²) in [6.45, 7) is 1.07. The summed E-state index contributed by atoms with van der Waals surface area (Å²) in [7, 11) is 1.27. The number of carbonyl (C=O) groups is 3. The highest BCUT2D eigenvalue weighted by atomic mass is 32.2. The van der Waals surface area contributed by atoms with Crippen molar-refractivity contribution in [1.82, 2.24) is 24.6 Å². The lowest BCUT2D eigenvalue weighted by molar-refractivity contribution is -0.155. The van der Waals surface area contributed by atoms with E-state index in [2.05, 4.69) is 24.8 Å². The van der Waals surface area contributed by atoms with Gasteiger partial charge in [-0.25, -0.2) is 19.6 Å². The summed E-state index contributed by atoms with van der Waals surface area (Å²) >= 11 is 8.76. The van der Waals surface area contributed by atoms with Gasteiger partial charge < -0.3 is 23.7 Å². The predicted octanol–water partition coefficient (Wildman–Crippen LogP) is 1.12. The number of fused-ring (bicyclic) bond motifs is 1. The number of aryl methyl sites for hydroxylation is 1. The van der Waals surface area contributed by atoms with Crippen LogP contribution < -0.4 is 11.1 Å². The number of esters is 1. The van der Waals surface area contributed by atoms with E-state index in [9.17, 15) is 19.2 Å². The lowest BCUT2D eigenvalue weighted by Crippen LogP contribution is -2.80. The van der Waals surface area contributed by atoms with Gasteiger partial charge in [0.1, 0.15) is 35.2 Å². The van der Waals surface area contributed by atoms with Crippen LogP contribution in [0.15, 0.2) is 41.7 Å². The zero-order valence-electron chi connectivity index (χ0n) is 19.9. The van der Waals surface area contributed by atoms with Gasteiger partial charge in [0, 0.05) is 22.1 Å². The van der Waals surface area contributed by atoms with E-state index < -0.39 is 41.1 Å². The number of hydrogen-bond donors (Lipinski definition) is 1. The maximum atomic E-state index is 13.7. The van der Waals surface area contributed by atoms with E-state index in [4.69, 9.17) is 30.6 Å². The molecular weight excluding hydrogens is 593 g/mol. The van der Waals surface area contributed by atoms with Gasteiger partial charge in [-0.2, -0.15) is 4.37 Å². The van der Waals surface area contributed by atoms with Gasteiger partial charge in [-0.1, -0.05) is 17.4 Å². The monoisotopic (exact) mass is 608 g/mol. The number of β-lactam (4-membered cyclic amide) rings is 1. The Morgan fingerprint density at radius 2 is 2.18 bits per heavy atom. The number of oxime groups is 1. The van der Waals surface area contributed by atoms with E-state index >= 15 is 0 Å². The van der Waals surface area contributed by atoms with Gasteiger partial charge in [-0.15, -0.1) is 23.1 Å². The molecule has 2 aliphatic heterocycles. The summed E-state index contributed by atoms with van der Waals surface area (Å²) in [4.78, 5) is 65.8. The maximum Gasteiger partial charge on any atom is 0.519 e. The Balaban J connectivity index is 1.45. The Morgan fingerprint density at radius 3 is 2.79 bits per heavy atom. The molecule has 2 atom stereocenters. The number of carbonyl (C=O) groups excluding carboxylic acids is 3. The number of nitrogens with one attached hydrogen (secondary N) is 1. The first-order chi connectivity index (χ1) is 18.8. The zero-order valence-corrected chi connectivity index (χ0v) is 23.2. The summed E-state index contributed by atoms with van der Waals surface area (Å²) in [5.74, 6) is -2.83. The van der Waals surface area contributed by atoms with Crippen LogP contribution in [0.25, 0.3) is 5.57 Å². The van der Waals surface area contributed by atoms with E-state index in [-0.39, 0.29) is 34.4 Å². The molecule has 2 aliphatic rings. The Kier molecular flexibility index (Phi) is 7.43. The fourth-order valence-electron chi connectivity index (χ4n) is 3.87. The molecule has 202 valence electrons. The molecule has 39 heavy (non-hydrogen) atoms. The van der Waals surface area contributed by atoms with Gasteiger partial charge >= 0.3 is 11.8 Å². The number of rotatable bonds is 9. The molecular formula is C21H16N6O8S4. The van der Waals surface area contributed by atoms with Crippen molar-refractivity contribution >= 4 is 81.3 Å². The lowest BCUT2D eigenvalue weighted by Gasteiger charge is -2.55. The van der Waals surface area contributed by atoms with Crippen molar-refractivity contribution in [2.75, 3.05) is 12.9 Å². The third-order valence-corrected chi connectivity index (χ3v) is 8.71. The third kappa shape index (κ3) is 4.68. The van der Waals surface area contributed by atoms with Crippen molar-refractivity contribution in [3.8, 4) is 0 Å². The molecule has 14 nitrogen and oxygen atoms in total. The molecule has 0 radical (unpaired) electrons. The summed E-state index contributed by atoms with van der Waals surface area (Å²) in [5.41, 5.74) is 0.302. The Labute approximate surface area is 236 Å². The van der Waals surface area contributed by atoms with Crippen molar-refractivity contribution < 1.29 is 32.8 Å². The molecule has 18 heteroatoms. The van der Waals surface area contributed by atoms with Gasteiger partial charge in [0.05, 0.1) is 5.51 Å². The molecule has 1 saturated heterocycles. The highest BCUT2D eigenvalue weighted by molar-refractivity contribution is 8.00. The van der Waals surface area contributed by atoms with Crippen molar-refractivity contribution in [2.45, 2.75) is 24.4 Å². The van der Waals surface area contributed by atoms with Gasteiger partial charge in [-0.3, -0.25) is 14.5 Å². The molecule has 1 N–H and O–H groups in total. The fourth-order valence-corrected chi connectivity index (χ4v) is 6.88. The van der Waals surface area contributed by atoms with E-state index in [1.54, 1.807) is 5.38 Å². The lowest BCUT2D eigenvalue weighted by atomic mass is 9.87. The van der Waals surface area contributed by atoms with Crippen LogP contribution in [0.3, 0.4) is 0 Å². The van der Waals surface area contributed by atoms with E-state index in [1.807, 2.05) is 0 Å². The molecule has 0 saturated carbocycles. The summed E-state index contributed by atoms with van der Waals surface area (Å²) in [5, 5.41) is 8.78. The first-order valence-electron chi connectivity index (χ1n) is 10.8. The van der Waals surface area contributed by atoms with E-state index in [0.717, 1.165) is 16.9 Å². The number of hydrogen-bond acceptors (Lipinski definition) is 16. The maximum absolute atomic E-state index is 13.7. The minimum absolute atomic E-state index is 0.0237. The average molecular weight is 609 g/mol. The first-order valence-corrected chi connectivity index (χ1v) is 14.0. The van der Waals surface area contributed by atoms with E-state index in [0.29, 0.717) is 10.6 Å². The van der Waals surface area contributed by atoms with Crippen LogP contribution in [0.5, 0.6) is 0 Å². The second-order valence-electron chi connectivity index (χ2n) is 7.86. The standard InChI is InChI=1S/C21H16N6O8S4/c1-9-12(35-20(31)34-9)3-33-17(29)14-10(16-22-7-24-39-16)4-38-19-21(6-36,18(30)27(14)19)25-15(28)13(26-32-2)11-5-37-8-23-11/h5-8,19H,3-4H2,1-2H3,(H,25,28)/t19-,21?/m0/s1. The zero-order chi connectivity index (χ0) is 27.7. The van der Waals surface area contributed by atoms with Gasteiger partial charge in [-0.05, 0) is 18.5 Å². The van der Waals surface area contributed by atoms with Gasteiger partial charge in [0.25, 0.3) is 11.8 Å². The van der Waals surface area contributed by atoms with E-state index in [1.165, 1.54) is 53.9 Å². The molecule has 1 fully saturated rings. The average Bonchev–Trinajstić information content (AvgIpc) is 3.71. The number of ether oxygens (including phenoxy) is 1. The number of thioether (sulfide) groups is 1. The highest BCUT2D eigenvalue weighted by Gasteiger charge is 2.65. The molecule has 5 heterocycles. The van der Waals surface area contributed by atoms with Crippen LogP contribution in [0.4, 0.5) is 0 Å². The highest BCUT2D eigenvalue weighted by Crippen LogP contribution is 2.48. The Hall–Kier alpha value is -3.74. The Morgan fingerprint density at radius 1 is 1.36 bits per heavy atom. The summed E-state index contributed by atoms with van der Waals surface area (Å²) < 4.78 is 19.1. The minimum Gasteiger partial charge on any atom is -0.453 e. The normalized spacial score (nSPS) is 20.8. The molecule has 0 aliphatic carbocycles. The molecule has 5 rings (SSSR count). The smallest absolute Gasteiger partial charge is 0.453 e. The minimum atomic E-state index is -1.65. The SMILES string of the molecule is CON=C(C(=O)NC1(C=S)C(=O)N2C(C(=O)OCc3oc(=O)oc3C)=C(c3ncns3)CS[C@H]21)c1cscn1. The van der Waals surface area contributed by atoms with Crippen molar-refractivity contribution in [1.29, 1.82) is 0 Å². The van der Waals surface area contributed by atoms with Crippen molar-refractivity contribution in [2.24, 2.45) is 5.16 Å². The van der Waals surface area contributed by atoms with Crippen LogP contribution in [-0.2, 0) is 30.6 Å². The van der Waals surface area contributed by atoms with Crippen molar-refractivity contribution in [3.05, 3.63) is 55.8 Å². The van der Waals surface area contributed by atoms with Crippen molar-refractivity contribution in [3.63, 3.8) is 0 Å². The van der Waals surface area contributed by atoms with Crippen LogP contribution in [0.1, 0.15) is 22.2 Å². The summed E-state index contributed by atoms with van der Waals surface area (Å²) in [6.07, 6.45) is 1.32. The number of nitrogens with zero attached hydrogens (tertiary/aromatic N) is 5. The molecule has 0 bridgehead atoms. The topological polar surface area (TPSA) is 179 Å². The van der Waals surface area contributed by atoms with Crippen LogP contribution in [-0.4, -0.2) is 71.9 Å². The second kappa shape index (κ2) is 10.8. The van der Waals surface area contributed by atoms with Crippen LogP contribution >= 0.6 is 46.8 Å². The molecule has 0 aromatic carbocycles. The predicted molar refractivity (Wildman–Crippen MR) is 142 cm³/mol. The Bertz CT molecular complexity index is 1560. The second-order valence-corrected chi connectivity index (χ2v) is 10.7. The fraction of sp³-hybridized carbons (Fsp3) is 0.286. The number of thiocarbonyl (C=S) groups is 1. The summed E-state index contributed by atoms with van der Waals surface area (Å²) in [6, 6.07) is 0. The third-order valence-electron chi connectivity index (χ3n) is 5.67. The molecule has 1 unspecified atom stereocenters. The number of thiazole rings is 1. The molecule has 3 aromatic heterocycles. The number of amides is 2. The molecule has 3 aromatic rings. The van der Waals surface area contributed by atoms with Crippen LogP contribution in [0.2, 0.25) is 0 Å². The van der Waals surface area contributed by atoms with Gasteiger partial charge in [0.2, 0.25) is 0 Å². The molecule has 2 amide bonds. The molecule has 0 spiro atoms. The number of aromatic nitrogens is 3. The van der Waals surface area contributed by atoms with Gasteiger partial charge in [0.15, 0.2) is 29.4 Å². The quantitative estimate of drug-likeness (QED) is 0.120. The van der Waals surface area contributed by atoms with Crippen LogP contribution in [0, 0.1) is 6.92 Å². The first kappa shape index (κ1) is 26.9.